The average Bonchev–Trinajstić information content (AvgIpc) is 2.48. The molecule has 1 saturated carbocycles. The minimum Gasteiger partial charge on any atom is -0.496 e. The number of benzene rings is 1. The molecule has 0 heterocycles. The van der Waals surface area contributed by atoms with E-state index >= 15 is 0 Å². The van der Waals surface area contributed by atoms with Crippen LogP contribution in [0, 0.1) is 12.8 Å². The lowest BCUT2D eigenvalue weighted by molar-refractivity contribution is 0.111. The standard InChI is InChI=1S/C18H29NO2/c1-14-9-10-18(21-3)16(11-14)17(20)13-19(2)12-15-7-5-4-6-8-15/h9-11,15,17,20H,4-8,12-13H2,1-3H3. The Morgan fingerprint density at radius 1 is 1.29 bits per heavy atom. The Bertz CT molecular complexity index is 441. The molecule has 3 nitrogen and oxygen atoms in total. The average molecular weight is 291 g/mol. The van der Waals surface area contributed by atoms with Gasteiger partial charge in [-0.2, -0.15) is 0 Å². The zero-order valence-corrected chi connectivity index (χ0v) is 13.6. The van der Waals surface area contributed by atoms with Gasteiger partial charge in [-0.25, -0.2) is 0 Å². The van der Waals surface area contributed by atoms with Gasteiger partial charge in [-0.1, -0.05) is 30.9 Å². The molecule has 21 heavy (non-hydrogen) atoms. The summed E-state index contributed by atoms with van der Waals surface area (Å²) in [7, 11) is 3.77. The van der Waals surface area contributed by atoms with Gasteiger partial charge < -0.3 is 14.7 Å². The third-order valence-electron chi connectivity index (χ3n) is 4.52. The highest BCUT2D eigenvalue weighted by Crippen LogP contribution is 2.28. The van der Waals surface area contributed by atoms with Crippen LogP contribution in [0.25, 0.3) is 0 Å². The van der Waals surface area contributed by atoms with Gasteiger partial charge in [0, 0.05) is 18.7 Å². The highest BCUT2D eigenvalue weighted by Gasteiger charge is 2.19. The van der Waals surface area contributed by atoms with Gasteiger partial charge in [-0.05, 0) is 44.9 Å². The molecule has 0 saturated heterocycles. The van der Waals surface area contributed by atoms with Crippen LogP contribution in [0.15, 0.2) is 18.2 Å². The van der Waals surface area contributed by atoms with Crippen LogP contribution in [0.4, 0.5) is 0 Å². The van der Waals surface area contributed by atoms with E-state index in [1.807, 2.05) is 25.1 Å². The fourth-order valence-electron chi connectivity index (χ4n) is 3.39. The molecule has 2 rings (SSSR count). The van der Waals surface area contributed by atoms with Crippen LogP contribution in [-0.2, 0) is 0 Å². The van der Waals surface area contributed by atoms with Crippen LogP contribution >= 0.6 is 0 Å². The van der Waals surface area contributed by atoms with Gasteiger partial charge in [0.1, 0.15) is 5.75 Å². The Balaban J connectivity index is 1.93. The molecule has 0 bridgehead atoms. The van der Waals surface area contributed by atoms with Crippen molar-refractivity contribution in [3.63, 3.8) is 0 Å². The van der Waals surface area contributed by atoms with E-state index in [2.05, 4.69) is 11.9 Å². The highest BCUT2D eigenvalue weighted by atomic mass is 16.5. The molecule has 0 aromatic heterocycles. The molecule has 0 aliphatic heterocycles. The quantitative estimate of drug-likeness (QED) is 0.870. The molecule has 118 valence electrons. The number of ether oxygens (including phenoxy) is 1. The third-order valence-corrected chi connectivity index (χ3v) is 4.52. The zero-order valence-electron chi connectivity index (χ0n) is 13.6. The van der Waals surface area contributed by atoms with E-state index in [0.29, 0.717) is 6.54 Å². The summed E-state index contributed by atoms with van der Waals surface area (Å²) < 4.78 is 5.37. The maximum Gasteiger partial charge on any atom is 0.124 e. The molecule has 1 fully saturated rings. The molecule has 1 aliphatic carbocycles. The first-order valence-electron chi connectivity index (χ1n) is 8.11. The predicted molar refractivity (Wildman–Crippen MR) is 86.8 cm³/mol. The van der Waals surface area contributed by atoms with Crippen molar-refractivity contribution in [2.45, 2.75) is 45.1 Å². The van der Waals surface area contributed by atoms with E-state index in [1.54, 1.807) is 7.11 Å². The Morgan fingerprint density at radius 2 is 2.00 bits per heavy atom. The summed E-state index contributed by atoms with van der Waals surface area (Å²) in [4.78, 5) is 2.27. The van der Waals surface area contributed by atoms with Crippen molar-refractivity contribution in [2.24, 2.45) is 5.92 Å². The van der Waals surface area contributed by atoms with Crippen LogP contribution in [0.3, 0.4) is 0 Å². The molecule has 1 aromatic carbocycles. The number of rotatable bonds is 6. The second-order valence-corrected chi connectivity index (χ2v) is 6.49. The van der Waals surface area contributed by atoms with Crippen molar-refractivity contribution in [1.82, 2.24) is 4.90 Å². The van der Waals surface area contributed by atoms with E-state index in [9.17, 15) is 5.11 Å². The van der Waals surface area contributed by atoms with E-state index < -0.39 is 6.10 Å². The van der Waals surface area contributed by atoms with Gasteiger partial charge in [0.2, 0.25) is 0 Å². The van der Waals surface area contributed by atoms with Gasteiger partial charge in [0.15, 0.2) is 0 Å². The number of aryl methyl sites for hydroxylation is 1. The normalized spacial score (nSPS) is 18.0. The minimum absolute atomic E-state index is 0.492. The van der Waals surface area contributed by atoms with E-state index in [1.165, 1.54) is 32.1 Å². The lowest BCUT2D eigenvalue weighted by Gasteiger charge is -2.28. The predicted octanol–water partition coefficient (Wildman–Crippen LogP) is 3.55. The van der Waals surface area contributed by atoms with Crippen LogP contribution in [-0.4, -0.2) is 37.3 Å². The molecule has 0 amide bonds. The van der Waals surface area contributed by atoms with Crippen molar-refractivity contribution in [1.29, 1.82) is 0 Å². The number of hydrogen-bond acceptors (Lipinski definition) is 3. The van der Waals surface area contributed by atoms with Crippen LogP contribution in [0.1, 0.15) is 49.3 Å². The molecule has 1 atom stereocenters. The fraction of sp³-hybridized carbons (Fsp3) is 0.667. The van der Waals surface area contributed by atoms with Gasteiger partial charge in [-0.15, -0.1) is 0 Å². The maximum absolute atomic E-state index is 10.5. The van der Waals surface area contributed by atoms with Crippen molar-refractivity contribution < 1.29 is 9.84 Å². The monoisotopic (exact) mass is 291 g/mol. The van der Waals surface area contributed by atoms with Gasteiger partial charge in [0.25, 0.3) is 0 Å². The topological polar surface area (TPSA) is 32.7 Å². The Morgan fingerprint density at radius 3 is 2.67 bits per heavy atom. The number of aliphatic hydroxyl groups excluding tert-OH is 1. The van der Waals surface area contributed by atoms with Crippen LogP contribution in [0.2, 0.25) is 0 Å². The first kappa shape index (κ1) is 16.3. The van der Waals surface area contributed by atoms with Gasteiger partial charge in [0.05, 0.1) is 13.2 Å². The van der Waals surface area contributed by atoms with Gasteiger partial charge >= 0.3 is 0 Å². The van der Waals surface area contributed by atoms with Crippen molar-refractivity contribution in [2.75, 3.05) is 27.2 Å². The largest absolute Gasteiger partial charge is 0.496 e. The summed E-state index contributed by atoms with van der Waals surface area (Å²) in [6.45, 7) is 3.79. The van der Waals surface area contributed by atoms with E-state index in [-0.39, 0.29) is 0 Å². The molecule has 1 aliphatic rings. The highest BCUT2D eigenvalue weighted by molar-refractivity contribution is 5.38. The summed E-state index contributed by atoms with van der Waals surface area (Å²) in [5.41, 5.74) is 2.05. The lowest BCUT2D eigenvalue weighted by atomic mass is 9.89. The first-order chi connectivity index (χ1) is 10.1. The van der Waals surface area contributed by atoms with Crippen LogP contribution in [0.5, 0.6) is 5.75 Å². The second-order valence-electron chi connectivity index (χ2n) is 6.49. The van der Waals surface area contributed by atoms with Gasteiger partial charge in [-0.3, -0.25) is 0 Å². The number of nitrogens with zero attached hydrogens (tertiary/aromatic N) is 1. The molecule has 0 radical (unpaired) electrons. The smallest absolute Gasteiger partial charge is 0.124 e. The van der Waals surface area contributed by atoms with E-state index in [0.717, 1.165) is 29.3 Å². The minimum atomic E-state index is -0.492. The van der Waals surface area contributed by atoms with Crippen molar-refractivity contribution in [3.05, 3.63) is 29.3 Å². The molecular formula is C18H29NO2. The number of methoxy groups -OCH3 is 1. The van der Waals surface area contributed by atoms with Crippen LogP contribution < -0.4 is 4.74 Å². The summed E-state index contributed by atoms with van der Waals surface area (Å²) in [5, 5.41) is 10.5. The Kier molecular flexibility index (Phi) is 6.07. The lowest BCUT2D eigenvalue weighted by Crippen LogP contribution is -2.31. The zero-order chi connectivity index (χ0) is 15.2. The Hall–Kier alpha value is -1.06. The molecule has 3 heteroatoms. The Labute approximate surface area is 128 Å². The number of aliphatic hydroxyl groups is 1. The molecule has 1 N–H and O–H groups in total. The molecule has 1 aromatic rings. The SMILES string of the molecule is COc1ccc(C)cc1C(O)CN(C)CC1CCCCC1. The molecule has 0 spiro atoms. The number of likely N-dealkylation sites (N-methyl/N-ethyl adjacent to an activating group) is 1. The molecular weight excluding hydrogens is 262 g/mol. The fourth-order valence-corrected chi connectivity index (χ4v) is 3.39. The second kappa shape index (κ2) is 7.81. The van der Waals surface area contributed by atoms with E-state index in [4.69, 9.17) is 4.74 Å². The summed E-state index contributed by atoms with van der Waals surface area (Å²) in [6, 6.07) is 5.98. The van der Waals surface area contributed by atoms with Crippen molar-refractivity contribution in [3.8, 4) is 5.75 Å². The first-order valence-corrected chi connectivity index (χ1v) is 8.11. The summed E-state index contributed by atoms with van der Waals surface area (Å²) >= 11 is 0. The maximum atomic E-state index is 10.5. The number of hydrogen-bond donors (Lipinski definition) is 1. The summed E-state index contributed by atoms with van der Waals surface area (Å²) in [6.07, 6.45) is 6.32. The van der Waals surface area contributed by atoms with Crippen molar-refractivity contribution >= 4 is 0 Å². The third kappa shape index (κ3) is 4.72. The molecule has 1 unspecified atom stereocenters. The summed E-state index contributed by atoms with van der Waals surface area (Å²) in [5.74, 6) is 1.58.